The first-order chi connectivity index (χ1) is 33.7. The molecule has 68 heavy (non-hydrogen) atoms. The molecule has 0 N–H and O–H groups in total. The molecule has 0 amide bonds. The van der Waals surface area contributed by atoms with Gasteiger partial charge in [-0.3, -0.25) is 0 Å². The van der Waals surface area contributed by atoms with Gasteiger partial charge in [0.1, 0.15) is 0 Å². The number of para-hydroxylation sites is 1. The highest BCUT2D eigenvalue weighted by Gasteiger charge is 2.18. The van der Waals surface area contributed by atoms with Gasteiger partial charge in [-0.05, 0) is 138 Å². The van der Waals surface area contributed by atoms with E-state index in [9.17, 15) is 0 Å². The zero-order valence-corrected chi connectivity index (χ0v) is 37.3. The predicted molar refractivity (Wildman–Crippen MR) is 290 cm³/mol. The third-order valence-electron chi connectivity index (χ3n) is 13.8. The molecular weight excluding hydrogens is 821 g/mol. The number of fused-ring (bicyclic) bond motifs is 8. The minimum Gasteiger partial charge on any atom is -0.311 e. The van der Waals surface area contributed by atoms with E-state index < -0.39 is 0 Å². The normalized spacial score (nSPS) is 11.5. The van der Waals surface area contributed by atoms with Crippen LogP contribution in [0.15, 0.2) is 267 Å². The highest BCUT2D eigenvalue weighted by atomic mass is 15.1. The van der Waals surface area contributed by atoms with Crippen LogP contribution in [0, 0.1) is 0 Å². The van der Waals surface area contributed by atoms with E-state index in [1.165, 1.54) is 98.6 Å². The van der Waals surface area contributed by atoms with Crippen LogP contribution in [-0.2, 0) is 0 Å². The van der Waals surface area contributed by atoms with E-state index >= 15 is 0 Å². The van der Waals surface area contributed by atoms with E-state index in [0.717, 1.165) is 22.7 Å². The molecule has 0 spiro atoms. The van der Waals surface area contributed by atoms with E-state index in [1.54, 1.807) is 0 Å². The summed E-state index contributed by atoms with van der Waals surface area (Å²) < 4.78 is 2.44. The van der Waals surface area contributed by atoms with Crippen LogP contribution >= 0.6 is 0 Å². The Bertz CT molecular complexity index is 3980. The quantitative estimate of drug-likeness (QED) is 0.138. The van der Waals surface area contributed by atoms with Gasteiger partial charge in [0.25, 0.3) is 0 Å². The van der Waals surface area contributed by atoms with Gasteiger partial charge < -0.3 is 9.47 Å². The number of anilines is 3. The van der Waals surface area contributed by atoms with Crippen LogP contribution in [-0.4, -0.2) is 4.57 Å². The molecule has 0 bridgehead atoms. The standard InChI is InChI=1S/C66H44N2/c1-3-12-45(13-4-1)51-16-11-17-52(42-51)46-24-33-57(34-25-46)67(58-35-26-47(27-36-58)53-31-39-61-55(43-53)23-22-49-14-7-9-20-60(49)61)59-37-28-48(29-38-59)54-32-40-63-64-41-30-50-15-8-10-21-62(50)66(64)68(65(63)44-54)56-18-5-2-6-19-56/h1-44H. The summed E-state index contributed by atoms with van der Waals surface area (Å²) in [5.74, 6) is 0. The first kappa shape index (κ1) is 39.4. The second-order valence-corrected chi connectivity index (χ2v) is 17.7. The van der Waals surface area contributed by atoms with E-state index in [0.29, 0.717) is 0 Å². The zero-order valence-electron chi connectivity index (χ0n) is 37.3. The minimum atomic E-state index is 1.09. The molecule has 0 aliphatic rings. The van der Waals surface area contributed by atoms with Crippen LogP contribution in [0.3, 0.4) is 0 Å². The van der Waals surface area contributed by atoms with E-state index in [1.807, 2.05) is 0 Å². The SMILES string of the molecule is c1ccc(-c2cccc(-c3ccc(N(c4ccc(-c5ccc6c(ccc7ccccc76)c5)cc4)c4ccc(-c5ccc6c7ccc8ccccc8c7n(-c7ccccc7)c6c5)cc4)cc3)c2)cc1. The van der Waals surface area contributed by atoms with Crippen molar-refractivity contribution >= 4 is 71.2 Å². The van der Waals surface area contributed by atoms with Crippen LogP contribution in [0.1, 0.15) is 0 Å². The van der Waals surface area contributed by atoms with Crippen molar-refractivity contribution in [2.45, 2.75) is 0 Å². The number of nitrogens with zero attached hydrogens (tertiary/aromatic N) is 2. The monoisotopic (exact) mass is 864 g/mol. The highest BCUT2D eigenvalue weighted by Crippen LogP contribution is 2.41. The summed E-state index contributed by atoms with van der Waals surface area (Å²) in [4.78, 5) is 2.37. The Morgan fingerprint density at radius 1 is 0.235 bits per heavy atom. The number of aromatic nitrogens is 1. The molecule has 12 aromatic carbocycles. The van der Waals surface area contributed by atoms with Gasteiger partial charge in [-0.2, -0.15) is 0 Å². The molecule has 13 aromatic rings. The number of hydrogen-bond acceptors (Lipinski definition) is 1. The average Bonchev–Trinajstić information content (AvgIpc) is 3.76. The predicted octanol–water partition coefficient (Wildman–Crippen LogP) is 18.4. The van der Waals surface area contributed by atoms with E-state index in [2.05, 4.69) is 276 Å². The molecule has 0 radical (unpaired) electrons. The maximum atomic E-state index is 2.44. The molecule has 1 heterocycles. The zero-order chi connectivity index (χ0) is 45.0. The first-order valence-corrected chi connectivity index (χ1v) is 23.4. The summed E-state index contributed by atoms with van der Waals surface area (Å²) >= 11 is 0. The summed E-state index contributed by atoms with van der Waals surface area (Å²) in [5, 5.41) is 10.1. The molecule has 0 saturated heterocycles. The fraction of sp³-hybridized carbons (Fsp3) is 0. The summed E-state index contributed by atoms with van der Waals surface area (Å²) in [6, 6.07) is 97.4. The van der Waals surface area contributed by atoms with Crippen LogP contribution < -0.4 is 4.90 Å². The first-order valence-electron chi connectivity index (χ1n) is 23.4. The van der Waals surface area contributed by atoms with Gasteiger partial charge in [-0.1, -0.05) is 200 Å². The Kier molecular flexibility index (Phi) is 9.54. The smallest absolute Gasteiger partial charge is 0.0619 e. The lowest BCUT2D eigenvalue weighted by atomic mass is 9.97. The molecule has 13 rings (SSSR count). The van der Waals surface area contributed by atoms with Crippen molar-refractivity contribution in [3.8, 4) is 50.2 Å². The van der Waals surface area contributed by atoms with Gasteiger partial charge in [0.15, 0.2) is 0 Å². The van der Waals surface area contributed by atoms with Crippen molar-refractivity contribution in [1.82, 2.24) is 4.57 Å². The fourth-order valence-corrected chi connectivity index (χ4v) is 10.4. The molecule has 0 aliphatic heterocycles. The molecule has 0 saturated carbocycles. The summed E-state index contributed by atoms with van der Waals surface area (Å²) in [6.45, 7) is 0. The van der Waals surface area contributed by atoms with Gasteiger partial charge in [-0.25, -0.2) is 0 Å². The summed E-state index contributed by atoms with van der Waals surface area (Å²) in [7, 11) is 0. The van der Waals surface area contributed by atoms with Crippen molar-refractivity contribution in [2.24, 2.45) is 0 Å². The van der Waals surface area contributed by atoms with Crippen LogP contribution in [0.25, 0.3) is 104 Å². The Labute approximate surface area is 395 Å². The number of benzene rings is 12. The van der Waals surface area contributed by atoms with Crippen LogP contribution in [0.2, 0.25) is 0 Å². The number of rotatable bonds is 8. The van der Waals surface area contributed by atoms with Crippen molar-refractivity contribution in [3.05, 3.63) is 267 Å². The fourth-order valence-electron chi connectivity index (χ4n) is 10.4. The van der Waals surface area contributed by atoms with Crippen LogP contribution in [0.4, 0.5) is 17.1 Å². The molecule has 0 fully saturated rings. The van der Waals surface area contributed by atoms with Crippen molar-refractivity contribution in [1.29, 1.82) is 0 Å². The topological polar surface area (TPSA) is 8.17 Å². The van der Waals surface area contributed by atoms with E-state index in [4.69, 9.17) is 0 Å². The second-order valence-electron chi connectivity index (χ2n) is 17.7. The van der Waals surface area contributed by atoms with Gasteiger partial charge in [0.05, 0.1) is 11.0 Å². The molecule has 2 heteroatoms. The Morgan fingerprint density at radius 3 is 1.28 bits per heavy atom. The Balaban J connectivity index is 0.888. The van der Waals surface area contributed by atoms with Crippen molar-refractivity contribution in [2.75, 3.05) is 4.90 Å². The van der Waals surface area contributed by atoms with Gasteiger partial charge in [-0.15, -0.1) is 0 Å². The summed E-state index contributed by atoms with van der Waals surface area (Å²) in [6.07, 6.45) is 0. The third-order valence-corrected chi connectivity index (χ3v) is 13.8. The van der Waals surface area contributed by atoms with Gasteiger partial charge in [0.2, 0.25) is 0 Å². The van der Waals surface area contributed by atoms with Gasteiger partial charge >= 0.3 is 0 Å². The average molecular weight is 865 g/mol. The lowest BCUT2D eigenvalue weighted by Crippen LogP contribution is -2.09. The van der Waals surface area contributed by atoms with Crippen LogP contribution in [0.5, 0.6) is 0 Å². The Hall–Kier alpha value is -8.98. The lowest BCUT2D eigenvalue weighted by Gasteiger charge is -2.26. The number of hydrogen-bond donors (Lipinski definition) is 0. The highest BCUT2D eigenvalue weighted by molar-refractivity contribution is 6.19. The Morgan fingerprint density at radius 2 is 0.647 bits per heavy atom. The van der Waals surface area contributed by atoms with Crippen molar-refractivity contribution in [3.63, 3.8) is 0 Å². The molecule has 0 atom stereocenters. The maximum Gasteiger partial charge on any atom is 0.0619 e. The molecule has 2 nitrogen and oxygen atoms in total. The maximum absolute atomic E-state index is 2.44. The van der Waals surface area contributed by atoms with Crippen molar-refractivity contribution < 1.29 is 0 Å². The van der Waals surface area contributed by atoms with Gasteiger partial charge in [0, 0.05) is 38.9 Å². The second kappa shape index (κ2) is 16.5. The summed E-state index contributed by atoms with van der Waals surface area (Å²) in [5.41, 5.74) is 16.4. The molecule has 318 valence electrons. The molecule has 0 unspecified atom stereocenters. The lowest BCUT2D eigenvalue weighted by molar-refractivity contribution is 1.19. The minimum absolute atomic E-state index is 1.09. The molecule has 1 aromatic heterocycles. The molecular formula is C66H44N2. The third kappa shape index (κ3) is 6.90. The molecule has 0 aliphatic carbocycles. The largest absolute Gasteiger partial charge is 0.311 e. The van der Waals surface area contributed by atoms with E-state index in [-0.39, 0.29) is 0 Å².